The molecule has 0 amide bonds. The summed E-state index contributed by atoms with van der Waals surface area (Å²) in [6.45, 7) is -0.422. The van der Waals surface area contributed by atoms with E-state index in [0.29, 0.717) is 11.2 Å². The highest BCUT2D eigenvalue weighted by Gasteiger charge is 2.56. The number of hydrogen-bond acceptors (Lipinski definition) is 9. The summed E-state index contributed by atoms with van der Waals surface area (Å²) >= 11 is 1.50. The number of nitrogens with two attached hydrogens (primary N) is 1. The van der Waals surface area contributed by atoms with Gasteiger partial charge in [-0.3, -0.25) is 4.57 Å². The Morgan fingerprint density at radius 2 is 2.16 bits per heavy atom. The van der Waals surface area contributed by atoms with Crippen LogP contribution in [0.1, 0.15) is 4.88 Å². The maximum atomic E-state index is 10.8. The lowest BCUT2D eigenvalue weighted by Gasteiger charge is -2.33. The molecule has 1 aliphatic heterocycles. The average molecular weight is 363 g/mol. The normalized spacial score (nSPS) is 29.5. The van der Waals surface area contributed by atoms with Gasteiger partial charge in [-0.2, -0.15) is 0 Å². The molecular weight excluding hydrogens is 346 g/mol. The van der Waals surface area contributed by atoms with Crippen LogP contribution >= 0.6 is 11.3 Å². The van der Waals surface area contributed by atoms with Crippen LogP contribution in [0.4, 0.5) is 5.82 Å². The minimum absolute atomic E-state index is 0.210. The van der Waals surface area contributed by atoms with Gasteiger partial charge in [-0.15, -0.1) is 11.3 Å². The number of anilines is 1. The summed E-state index contributed by atoms with van der Waals surface area (Å²) in [5, 5.41) is 32.5. The second kappa shape index (κ2) is 6.00. The molecule has 1 saturated heterocycles. The second-order valence-corrected chi connectivity index (χ2v) is 6.95. The highest BCUT2D eigenvalue weighted by atomic mass is 32.1. The fraction of sp³-hybridized carbons (Fsp3) is 0.400. The Bertz CT molecular complexity index is 885. The molecule has 132 valence electrons. The maximum absolute atomic E-state index is 10.8. The van der Waals surface area contributed by atoms with E-state index in [2.05, 4.69) is 15.0 Å². The van der Waals surface area contributed by atoms with Gasteiger partial charge in [-0.05, 0) is 11.4 Å². The number of nitrogens with zero attached hydrogens (tertiary/aromatic N) is 4. The van der Waals surface area contributed by atoms with Gasteiger partial charge < -0.3 is 25.8 Å². The highest BCUT2D eigenvalue weighted by Crippen LogP contribution is 2.41. The summed E-state index contributed by atoms with van der Waals surface area (Å²) in [5.41, 5.74) is 5.24. The molecular formula is C15H17N5O4S. The molecule has 9 nitrogen and oxygen atoms in total. The Kier molecular flexibility index (Phi) is 3.93. The molecule has 4 atom stereocenters. The quantitative estimate of drug-likeness (QED) is 0.485. The van der Waals surface area contributed by atoms with E-state index in [1.54, 1.807) is 4.57 Å². The van der Waals surface area contributed by atoms with Crippen LogP contribution in [0, 0.1) is 0 Å². The first-order chi connectivity index (χ1) is 12.1. The molecule has 10 heteroatoms. The van der Waals surface area contributed by atoms with Crippen molar-refractivity contribution < 1.29 is 20.1 Å². The van der Waals surface area contributed by atoms with Crippen molar-refractivity contribution in [2.45, 2.75) is 30.5 Å². The van der Waals surface area contributed by atoms with Crippen molar-refractivity contribution in [2.75, 3.05) is 12.3 Å². The smallest absolute Gasteiger partial charge is 0.181 e. The molecule has 0 aromatic carbocycles. The van der Waals surface area contributed by atoms with Crippen molar-refractivity contribution in [3.8, 4) is 0 Å². The number of rotatable bonds is 4. The standard InChI is InChI=1S/C15H17N5O4S/c16-13-10-14(18-6-17-13)20(7-19-10)15(4-8-2-1-3-25-8)12(23)11(22)9(5-21)24-15/h1-3,6-7,9,11-12,21-23H,4-5H2,(H2,16,17,18)/t9-,11-,12-,15-/m1/s1. The van der Waals surface area contributed by atoms with Gasteiger partial charge in [0.2, 0.25) is 0 Å². The molecule has 0 bridgehead atoms. The lowest BCUT2D eigenvalue weighted by molar-refractivity contribution is -0.144. The molecule has 0 saturated carbocycles. The van der Waals surface area contributed by atoms with Crippen LogP contribution in [0.2, 0.25) is 0 Å². The average Bonchev–Trinajstić information content (AvgIpc) is 3.31. The van der Waals surface area contributed by atoms with Crippen molar-refractivity contribution >= 4 is 28.3 Å². The van der Waals surface area contributed by atoms with Gasteiger partial charge in [0.25, 0.3) is 0 Å². The zero-order valence-electron chi connectivity index (χ0n) is 13.1. The van der Waals surface area contributed by atoms with Crippen molar-refractivity contribution in [1.29, 1.82) is 0 Å². The summed E-state index contributed by atoms with van der Waals surface area (Å²) in [6.07, 6.45) is -0.433. The summed E-state index contributed by atoms with van der Waals surface area (Å²) in [4.78, 5) is 13.3. The molecule has 0 radical (unpaired) electrons. The monoisotopic (exact) mass is 363 g/mol. The van der Waals surface area contributed by atoms with Gasteiger partial charge >= 0.3 is 0 Å². The lowest BCUT2D eigenvalue weighted by atomic mass is 9.98. The third-order valence-corrected chi connectivity index (χ3v) is 5.36. The van der Waals surface area contributed by atoms with E-state index in [1.165, 1.54) is 24.0 Å². The topological polar surface area (TPSA) is 140 Å². The van der Waals surface area contributed by atoms with E-state index in [9.17, 15) is 15.3 Å². The number of nitrogen functional groups attached to an aromatic ring is 1. The molecule has 1 aliphatic rings. The van der Waals surface area contributed by atoms with Gasteiger partial charge in [0.1, 0.15) is 30.2 Å². The SMILES string of the molecule is Nc1ncnc2c1ncn2[C@]1(Cc2cccs2)O[C@H](CO)[C@@H](O)[C@H]1O. The van der Waals surface area contributed by atoms with Gasteiger partial charge in [0, 0.05) is 11.3 Å². The molecule has 4 rings (SSSR count). The predicted molar refractivity (Wildman–Crippen MR) is 89.7 cm³/mol. The minimum atomic E-state index is -1.37. The highest BCUT2D eigenvalue weighted by molar-refractivity contribution is 7.09. The van der Waals surface area contributed by atoms with Crippen LogP contribution in [-0.4, -0.2) is 59.8 Å². The first-order valence-electron chi connectivity index (χ1n) is 7.68. The predicted octanol–water partition coefficient (Wildman–Crippen LogP) is -0.522. The third kappa shape index (κ3) is 2.41. The number of hydrogen-bond donors (Lipinski definition) is 4. The van der Waals surface area contributed by atoms with Crippen LogP contribution < -0.4 is 5.73 Å². The Balaban J connectivity index is 1.90. The number of fused-ring (bicyclic) bond motifs is 1. The van der Waals surface area contributed by atoms with E-state index in [-0.39, 0.29) is 12.2 Å². The van der Waals surface area contributed by atoms with E-state index in [0.717, 1.165) is 4.88 Å². The molecule has 0 aliphatic carbocycles. The van der Waals surface area contributed by atoms with Crippen LogP contribution in [-0.2, 0) is 16.9 Å². The molecule has 4 heterocycles. The first-order valence-corrected chi connectivity index (χ1v) is 8.56. The van der Waals surface area contributed by atoms with Crippen molar-refractivity contribution in [3.05, 3.63) is 35.0 Å². The largest absolute Gasteiger partial charge is 0.394 e. The van der Waals surface area contributed by atoms with Crippen molar-refractivity contribution in [3.63, 3.8) is 0 Å². The van der Waals surface area contributed by atoms with Crippen LogP contribution in [0.5, 0.6) is 0 Å². The zero-order valence-corrected chi connectivity index (χ0v) is 13.9. The minimum Gasteiger partial charge on any atom is -0.394 e. The van der Waals surface area contributed by atoms with E-state index < -0.39 is 30.6 Å². The molecule has 3 aromatic heterocycles. The number of thiophene rings is 1. The summed E-state index contributed by atoms with van der Waals surface area (Å²) in [7, 11) is 0. The number of aliphatic hydroxyl groups excluding tert-OH is 3. The molecule has 25 heavy (non-hydrogen) atoms. The van der Waals surface area contributed by atoms with E-state index >= 15 is 0 Å². The summed E-state index contributed by atoms with van der Waals surface area (Å²) in [5.74, 6) is 0.210. The Morgan fingerprint density at radius 1 is 1.32 bits per heavy atom. The van der Waals surface area contributed by atoms with Crippen LogP contribution in [0.25, 0.3) is 11.2 Å². The Morgan fingerprint density at radius 3 is 2.84 bits per heavy atom. The first kappa shape index (κ1) is 16.4. The van der Waals surface area contributed by atoms with Gasteiger partial charge in [0.15, 0.2) is 17.2 Å². The number of aliphatic hydroxyl groups is 3. The fourth-order valence-electron chi connectivity index (χ4n) is 3.24. The van der Waals surface area contributed by atoms with E-state index in [4.69, 9.17) is 10.5 Å². The number of imidazole rings is 1. The summed E-state index contributed by atoms with van der Waals surface area (Å²) < 4.78 is 7.53. The van der Waals surface area contributed by atoms with Gasteiger partial charge in [-0.1, -0.05) is 6.07 Å². The molecule has 0 spiro atoms. The van der Waals surface area contributed by atoms with Crippen molar-refractivity contribution in [1.82, 2.24) is 19.5 Å². The van der Waals surface area contributed by atoms with Gasteiger partial charge in [-0.25, -0.2) is 15.0 Å². The zero-order chi connectivity index (χ0) is 17.6. The summed E-state index contributed by atoms with van der Waals surface area (Å²) in [6, 6.07) is 3.80. The molecule has 3 aromatic rings. The molecule has 5 N–H and O–H groups in total. The maximum Gasteiger partial charge on any atom is 0.181 e. The Hall–Kier alpha value is -2.11. The Labute approximate surface area is 146 Å². The van der Waals surface area contributed by atoms with E-state index in [1.807, 2.05) is 17.5 Å². The molecule has 0 unspecified atom stereocenters. The lowest BCUT2D eigenvalue weighted by Crippen LogP contribution is -2.47. The number of ether oxygens (including phenoxy) is 1. The fourth-order valence-corrected chi connectivity index (χ4v) is 4.02. The number of aromatic nitrogens is 4. The van der Waals surface area contributed by atoms with Crippen LogP contribution in [0.15, 0.2) is 30.2 Å². The van der Waals surface area contributed by atoms with Crippen LogP contribution in [0.3, 0.4) is 0 Å². The third-order valence-electron chi connectivity index (χ3n) is 4.48. The van der Waals surface area contributed by atoms with Gasteiger partial charge in [0.05, 0.1) is 12.9 Å². The van der Waals surface area contributed by atoms with Crippen molar-refractivity contribution in [2.24, 2.45) is 0 Å². The second-order valence-electron chi connectivity index (χ2n) is 5.92. The molecule has 1 fully saturated rings.